The molecule has 1 N–H and O–H groups in total. The molecule has 3 aromatic rings. The van der Waals surface area contributed by atoms with Gasteiger partial charge in [0, 0.05) is 36.1 Å². The van der Waals surface area contributed by atoms with Crippen LogP contribution in [0.15, 0.2) is 42.5 Å². The molecule has 1 aromatic heterocycles. The third-order valence-electron chi connectivity index (χ3n) is 6.41. The van der Waals surface area contributed by atoms with E-state index in [1.165, 1.54) is 4.90 Å². The van der Waals surface area contributed by atoms with Gasteiger partial charge in [-0.1, -0.05) is 36.4 Å². The number of imide groups is 1. The minimum atomic E-state index is -0.633. The first-order chi connectivity index (χ1) is 14.9. The summed E-state index contributed by atoms with van der Waals surface area (Å²) in [7, 11) is 3.82. The fraction of sp³-hybridized carbons (Fsp3) is 0.333. The zero-order valence-electron chi connectivity index (χ0n) is 17.9. The van der Waals surface area contributed by atoms with Crippen molar-refractivity contribution in [2.75, 3.05) is 27.2 Å². The Morgan fingerprint density at radius 3 is 2.58 bits per heavy atom. The maximum Gasteiger partial charge on any atom is 0.328 e. The van der Waals surface area contributed by atoms with Crippen molar-refractivity contribution >= 4 is 22.8 Å². The molecule has 0 bridgehead atoms. The first kappa shape index (κ1) is 19.8. The molecule has 2 unspecified atom stereocenters. The van der Waals surface area contributed by atoms with Crippen LogP contribution in [0.4, 0.5) is 9.18 Å². The van der Waals surface area contributed by atoms with Crippen molar-refractivity contribution in [3.05, 3.63) is 70.7 Å². The minimum absolute atomic E-state index is 0.208. The van der Waals surface area contributed by atoms with Gasteiger partial charge in [-0.2, -0.15) is 0 Å². The Kier molecular flexibility index (Phi) is 4.59. The average Bonchev–Trinajstić information content (AvgIpc) is 3.24. The summed E-state index contributed by atoms with van der Waals surface area (Å²) in [4.78, 5) is 35.1. The van der Waals surface area contributed by atoms with Crippen molar-refractivity contribution in [2.45, 2.75) is 25.4 Å². The van der Waals surface area contributed by atoms with Crippen LogP contribution in [0.2, 0.25) is 0 Å². The van der Waals surface area contributed by atoms with Crippen LogP contribution in [0.25, 0.3) is 10.9 Å². The van der Waals surface area contributed by atoms with E-state index in [-0.39, 0.29) is 17.8 Å². The third kappa shape index (κ3) is 2.95. The normalized spacial score (nSPS) is 20.7. The van der Waals surface area contributed by atoms with Crippen LogP contribution < -0.4 is 0 Å². The number of halogens is 1. The molecule has 160 valence electrons. The topological polar surface area (TPSA) is 59.7 Å². The lowest BCUT2D eigenvalue weighted by Crippen LogP contribution is -2.44. The smallest absolute Gasteiger partial charge is 0.328 e. The summed E-state index contributed by atoms with van der Waals surface area (Å²) in [5.41, 5.74) is 3.74. The number of amides is 3. The van der Waals surface area contributed by atoms with E-state index in [0.717, 1.165) is 16.8 Å². The highest BCUT2D eigenvalue weighted by Gasteiger charge is 2.52. The zero-order valence-corrected chi connectivity index (χ0v) is 17.9. The molecule has 0 radical (unpaired) electrons. The maximum absolute atomic E-state index is 15.2. The molecule has 31 heavy (non-hydrogen) atoms. The Balaban J connectivity index is 1.68. The number of fused-ring (bicyclic) bond motifs is 4. The second-order valence-electron chi connectivity index (χ2n) is 8.65. The number of carbonyl (C=O) groups excluding carboxylic acids is 2. The van der Waals surface area contributed by atoms with Crippen LogP contribution in [0, 0.1) is 12.7 Å². The van der Waals surface area contributed by atoms with E-state index >= 15 is 4.39 Å². The number of likely N-dealkylation sites (N-methyl/N-ethyl adjacent to an activating group) is 1. The number of benzene rings is 2. The maximum atomic E-state index is 15.2. The van der Waals surface area contributed by atoms with Crippen LogP contribution in [0.5, 0.6) is 0 Å². The molecule has 1 saturated heterocycles. The molecule has 3 amide bonds. The highest BCUT2D eigenvalue weighted by molar-refractivity contribution is 6.05. The summed E-state index contributed by atoms with van der Waals surface area (Å²) >= 11 is 0. The molecule has 6 nitrogen and oxygen atoms in total. The number of aromatic amines is 1. The second-order valence-corrected chi connectivity index (χ2v) is 8.65. The molecular formula is C24H25FN4O2. The van der Waals surface area contributed by atoms with Crippen molar-refractivity contribution < 1.29 is 14.0 Å². The van der Waals surface area contributed by atoms with Gasteiger partial charge in [-0.3, -0.25) is 14.6 Å². The van der Waals surface area contributed by atoms with Crippen LogP contribution in [0.1, 0.15) is 28.4 Å². The van der Waals surface area contributed by atoms with E-state index in [1.54, 1.807) is 17.9 Å². The highest BCUT2D eigenvalue weighted by Crippen LogP contribution is 2.44. The Morgan fingerprint density at radius 2 is 1.87 bits per heavy atom. The number of aromatic nitrogens is 1. The largest absolute Gasteiger partial charge is 0.356 e. The second kappa shape index (κ2) is 7.20. The number of rotatable bonds is 4. The van der Waals surface area contributed by atoms with E-state index in [0.29, 0.717) is 36.0 Å². The molecule has 2 aliphatic heterocycles. The number of nitrogens with one attached hydrogen (secondary N) is 1. The number of urea groups is 1. The highest BCUT2D eigenvalue weighted by atomic mass is 19.1. The molecule has 1 fully saturated rings. The average molecular weight is 420 g/mol. The fourth-order valence-corrected chi connectivity index (χ4v) is 4.82. The predicted molar refractivity (Wildman–Crippen MR) is 116 cm³/mol. The third-order valence-corrected chi connectivity index (χ3v) is 6.41. The fourth-order valence-electron chi connectivity index (χ4n) is 4.82. The summed E-state index contributed by atoms with van der Waals surface area (Å²) in [5.74, 6) is -0.475. The first-order valence-corrected chi connectivity index (χ1v) is 10.5. The van der Waals surface area contributed by atoms with E-state index in [9.17, 15) is 9.59 Å². The van der Waals surface area contributed by atoms with E-state index in [2.05, 4.69) is 4.98 Å². The summed E-state index contributed by atoms with van der Waals surface area (Å²) in [6.07, 6.45) is 0.308. The Morgan fingerprint density at radius 1 is 1.13 bits per heavy atom. The summed E-state index contributed by atoms with van der Waals surface area (Å²) < 4.78 is 15.2. The van der Waals surface area contributed by atoms with Gasteiger partial charge in [-0.25, -0.2) is 9.18 Å². The summed E-state index contributed by atoms with van der Waals surface area (Å²) in [5, 5.41) is 0.530. The lowest BCUT2D eigenvalue weighted by molar-refractivity contribution is -0.128. The summed E-state index contributed by atoms with van der Waals surface area (Å²) in [6.45, 7) is 2.67. The van der Waals surface area contributed by atoms with Crippen molar-refractivity contribution in [3.8, 4) is 0 Å². The quantitative estimate of drug-likeness (QED) is 0.658. The number of hydrogen-bond acceptors (Lipinski definition) is 3. The van der Waals surface area contributed by atoms with Gasteiger partial charge in [0.05, 0.1) is 0 Å². The van der Waals surface area contributed by atoms with Crippen LogP contribution in [-0.4, -0.2) is 64.8 Å². The Bertz CT molecular complexity index is 1190. The zero-order chi connectivity index (χ0) is 21.9. The van der Waals surface area contributed by atoms with Gasteiger partial charge in [-0.15, -0.1) is 0 Å². The molecule has 2 aromatic carbocycles. The minimum Gasteiger partial charge on any atom is -0.356 e. The van der Waals surface area contributed by atoms with Gasteiger partial charge >= 0.3 is 6.03 Å². The van der Waals surface area contributed by atoms with Gasteiger partial charge in [0.2, 0.25) is 0 Å². The Hall–Kier alpha value is -3.19. The number of H-pyrrole nitrogens is 1. The van der Waals surface area contributed by atoms with Gasteiger partial charge in [-0.05, 0) is 43.8 Å². The molecule has 5 rings (SSSR count). The van der Waals surface area contributed by atoms with Crippen LogP contribution in [0.3, 0.4) is 0 Å². The molecule has 2 atom stereocenters. The monoisotopic (exact) mass is 420 g/mol. The van der Waals surface area contributed by atoms with Crippen molar-refractivity contribution in [3.63, 3.8) is 0 Å². The molecule has 0 saturated carbocycles. The molecule has 0 spiro atoms. The molecule has 2 aliphatic rings. The van der Waals surface area contributed by atoms with Crippen LogP contribution in [-0.2, 0) is 11.2 Å². The summed E-state index contributed by atoms with van der Waals surface area (Å²) in [6, 6.07) is 11.9. The number of hydrogen-bond donors (Lipinski definition) is 1. The van der Waals surface area contributed by atoms with Crippen molar-refractivity contribution in [1.29, 1.82) is 0 Å². The van der Waals surface area contributed by atoms with E-state index in [1.807, 2.05) is 55.4 Å². The number of nitrogens with zero attached hydrogens (tertiary/aromatic N) is 3. The van der Waals surface area contributed by atoms with Gasteiger partial charge < -0.3 is 9.88 Å². The van der Waals surface area contributed by atoms with E-state index < -0.39 is 12.1 Å². The first-order valence-electron chi connectivity index (χ1n) is 10.5. The van der Waals surface area contributed by atoms with Gasteiger partial charge in [0.15, 0.2) is 0 Å². The Labute approximate surface area is 180 Å². The standard InChI is InChI=1S/C24H25FN4O2/c1-14-9-10-17-19(20(14)25)16-13-18-23(30)28(12-11-27(2)3)24(31)29(18)22(21(16)26-17)15-7-5-4-6-8-15/h4-10,18,22,26H,11-13H2,1-3H3. The molecule has 3 heterocycles. The molecular weight excluding hydrogens is 395 g/mol. The molecule has 7 heteroatoms. The van der Waals surface area contributed by atoms with Crippen molar-refractivity contribution in [2.24, 2.45) is 0 Å². The SMILES string of the molecule is Cc1ccc2[nH]c3c(c2c1F)CC1C(=O)N(CCN(C)C)C(=O)N1C3c1ccccc1. The van der Waals surface area contributed by atoms with Gasteiger partial charge in [0.1, 0.15) is 17.9 Å². The lowest BCUT2D eigenvalue weighted by Gasteiger charge is -2.36. The van der Waals surface area contributed by atoms with Gasteiger partial charge in [0.25, 0.3) is 5.91 Å². The van der Waals surface area contributed by atoms with Crippen molar-refractivity contribution in [1.82, 2.24) is 19.7 Å². The molecule has 0 aliphatic carbocycles. The number of carbonyl (C=O) groups is 2. The lowest BCUT2D eigenvalue weighted by atomic mass is 9.88. The number of aryl methyl sites for hydroxylation is 1. The van der Waals surface area contributed by atoms with E-state index in [4.69, 9.17) is 0 Å². The van der Waals surface area contributed by atoms with Crippen LogP contribution >= 0.6 is 0 Å². The predicted octanol–water partition coefficient (Wildman–Crippen LogP) is 3.46.